The van der Waals surface area contributed by atoms with Crippen molar-refractivity contribution in [3.63, 3.8) is 0 Å². The van der Waals surface area contributed by atoms with Crippen molar-refractivity contribution in [3.8, 4) is 0 Å². The zero-order chi connectivity index (χ0) is 28.0. The van der Waals surface area contributed by atoms with Crippen molar-refractivity contribution in [1.29, 1.82) is 0 Å². The van der Waals surface area contributed by atoms with Crippen LogP contribution < -0.4 is 27.0 Å². The van der Waals surface area contributed by atoms with Gasteiger partial charge < -0.3 is 37.2 Å². The molecule has 0 spiro atoms. The molecule has 0 aromatic carbocycles. The summed E-state index contributed by atoms with van der Waals surface area (Å²) in [7, 11) is 0. The van der Waals surface area contributed by atoms with Gasteiger partial charge in [-0.15, -0.1) is 0 Å². The molecule has 218 valence electrons. The summed E-state index contributed by atoms with van der Waals surface area (Å²) in [5.41, 5.74) is 5.56. The summed E-state index contributed by atoms with van der Waals surface area (Å²) in [6.45, 7) is 10.7. The first-order valence-electron chi connectivity index (χ1n) is 12.2. The molecule has 0 rings (SSSR count). The minimum absolute atomic E-state index is 0. The molecule has 0 saturated carbocycles. The second-order valence-electron chi connectivity index (χ2n) is 9.72. The van der Waals surface area contributed by atoms with Gasteiger partial charge in [-0.2, -0.15) is 0 Å². The van der Waals surface area contributed by atoms with E-state index in [1.54, 1.807) is 27.7 Å². The van der Waals surface area contributed by atoms with Crippen LogP contribution in [-0.2, 0) is 19.2 Å². The smallest absolute Gasteiger partial charge is 0.328 e. The van der Waals surface area contributed by atoms with Gasteiger partial charge >= 0.3 is 18.0 Å². The number of hydrogen-bond donors (Lipinski definition) is 7. The molecule has 37 heavy (non-hydrogen) atoms. The van der Waals surface area contributed by atoms with E-state index in [1.807, 2.05) is 13.8 Å². The summed E-state index contributed by atoms with van der Waals surface area (Å²) in [6.07, 6.45) is 3.80. The molecule has 4 amide bonds. The maximum Gasteiger partial charge on any atom is 0.328 e. The van der Waals surface area contributed by atoms with E-state index in [4.69, 9.17) is 10.8 Å². The predicted octanol–water partition coefficient (Wildman–Crippen LogP) is 0.815. The number of carboxylic acids is 2. The molecule has 0 bridgehead atoms. The number of nitrogens with one attached hydrogen (secondary N) is 4. The number of amides is 4. The van der Waals surface area contributed by atoms with E-state index in [2.05, 4.69) is 21.3 Å². The fourth-order valence-electron chi connectivity index (χ4n) is 3.28. The van der Waals surface area contributed by atoms with E-state index >= 15 is 0 Å². The standard InChI is InChI=1S/C24H43N5O7.Fm/c1-13(2)16(10-11-18(30)31)26-21(32)17(9-7-8-12-25)27-22(33)19(14(3)4)28-24(36)29-20(15(5)6)23(34)35;/h10-11,13-17,19-20H,7-9,12,25H2,1-6H3,(H,26,32)(H,27,33)(H,30,31)(H,34,35)(H2,28,29,36);/b11-10+;/t16-,17+,19+,20+;/m1./s1. The van der Waals surface area contributed by atoms with Gasteiger partial charge in [0.15, 0.2) is 0 Å². The molecule has 0 radical (unpaired) electrons. The molecule has 0 heterocycles. The topological polar surface area (TPSA) is 200 Å². The molecule has 0 saturated heterocycles. The molecule has 13 heteroatoms. The summed E-state index contributed by atoms with van der Waals surface area (Å²) < 4.78 is 0. The van der Waals surface area contributed by atoms with Gasteiger partial charge in [0, 0.05) is 6.08 Å². The Morgan fingerprint density at radius 1 is 0.757 bits per heavy atom. The van der Waals surface area contributed by atoms with Gasteiger partial charge in [0.05, 0.1) is 6.04 Å². The zero-order valence-corrected chi connectivity index (χ0v) is 24.7. The molecule has 0 aromatic heterocycles. The van der Waals surface area contributed by atoms with E-state index in [-0.39, 0.29) is 24.2 Å². The Labute approximate surface area is 212 Å². The Morgan fingerprint density at radius 2 is 1.30 bits per heavy atom. The van der Waals surface area contributed by atoms with Gasteiger partial charge in [-0.05, 0) is 43.6 Å². The minimum Gasteiger partial charge on any atom is -0.480 e. The van der Waals surface area contributed by atoms with Gasteiger partial charge in [-0.25, -0.2) is 14.4 Å². The van der Waals surface area contributed by atoms with Gasteiger partial charge in [0.2, 0.25) is 11.8 Å². The normalized spacial score (nSPS) is 14.4. The molecule has 4 atom stereocenters. The van der Waals surface area contributed by atoms with Gasteiger partial charge in [0.25, 0.3) is 0 Å². The second kappa shape index (κ2) is 17.3. The summed E-state index contributed by atoms with van der Waals surface area (Å²) in [4.78, 5) is 60.9. The number of nitrogens with two attached hydrogens (primary N) is 1. The number of carboxylic acid groups (broad SMARTS) is 2. The zero-order valence-electron chi connectivity index (χ0n) is 22.3. The number of rotatable bonds is 16. The van der Waals surface area contributed by atoms with Crippen molar-refractivity contribution in [2.45, 2.75) is 85.0 Å². The molecule has 0 aliphatic heterocycles. The van der Waals surface area contributed by atoms with Crippen LogP contribution >= 0.6 is 0 Å². The predicted molar refractivity (Wildman–Crippen MR) is 135 cm³/mol. The van der Waals surface area contributed by atoms with Crippen molar-refractivity contribution in [1.82, 2.24) is 21.3 Å². The maximum absolute atomic E-state index is 13.1. The van der Waals surface area contributed by atoms with Crippen LogP contribution in [0.15, 0.2) is 12.2 Å². The fraction of sp³-hybridized carbons (Fsp3) is 0.708. The van der Waals surface area contributed by atoms with Gasteiger partial charge in [0.1, 0.15) is 18.1 Å². The summed E-state index contributed by atoms with van der Waals surface area (Å²) in [5, 5.41) is 28.5. The van der Waals surface area contributed by atoms with Crippen molar-refractivity contribution in [3.05, 3.63) is 12.2 Å². The Kier molecular flexibility index (Phi) is 16.4. The number of hydrogen-bond acceptors (Lipinski definition) is 6. The molecular formula is C24H43FmN5O7. The van der Waals surface area contributed by atoms with E-state index < -0.39 is 54.0 Å². The van der Waals surface area contributed by atoms with Gasteiger partial charge in [-0.1, -0.05) is 47.6 Å². The number of aliphatic carboxylic acids is 2. The van der Waals surface area contributed by atoms with E-state index in [1.165, 1.54) is 6.08 Å². The molecular weight excluding hydrogens is 727 g/mol. The number of carbonyl (C=O) groups is 5. The molecule has 0 aliphatic rings. The first-order chi connectivity index (χ1) is 16.7. The molecule has 0 unspecified atom stereocenters. The van der Waals surface area contributed by atoms with Crippen LogP contribution in [-0.4, -0.2) is 70.7 Å². The molecule has 0 aliphatic carbocycles. The Hall–Kier alpha value is -4.15. The van der Waals surface area contributed by atoms with E-state index in [9.17, 15) is 29.1 Å². The average Bonchev–Trinajstić information content (AvgIpc) is 2.76. The summed E-state index contributed by atoms with van der Waals surface area (Å²) in [5.74, 6) is -4.29. The van der Waals surface area contributed by atoms with Crippen molar-refractivity contribution in [2.75, 3.05) is 6.54 Å². The van der Waals surface area contributed by atoms with Crippen LogP contribution in [0.2, 0.25) is 0 Å². The van der Waals surface area contributed by atoms with Crippen LogP contribution in [0.25, 0.3) is 0 Å². The van der Waals surface area contributed by atoms with Crippen molar-refractivity contribution in [2.24, 2.45) is 23.5 Å². The van der Waals surface area contributed by atoms with Crippen LogP contribution in [0.4, 0.5) is 4.79 Å². The van der Waals surface area contributed by atoms with Crippen molar-refractivity contribution >= 4 is 29.8 Å². The Morgan fingerprint density at radius 3 is 1.73 bits per heavy atom. The molecule has 12 nitrogen and oxygen atoms in total. The quantitative estimate of drug-likeness (QED) is 0.0884. The summed E-state index contributed by atoms with van der Waals surface area (Å²) in [6, 6.07) is -4.51. The number of unbranched alkanes of at least 4 members (excludes halogenated alkanes) is 1. The maximum atomic E-state index is 13.1. The first kappa shape index (κ1) is 35.0. The average molecular weight is 771 g/mol. The van der Waals surface area contributed by atoms with E-state index in [0.29, 0.717) is 19.4 Å². The Bertz CT molecular complexity index is 789. The summed E-state index contributed by atoms with van der Waals surface area (Å²) >= 11 is 0. The van der Waals surface area contributed by atoms with E-state index in [0.717, 1.165) is 6.08 Å². The third-order valence-electron chi connectivity index (χ3n) is 5.51. The molecule has 0 aromatic rings. The number of urea groups is 1. The van der Waals surface area contributed by atoms with Crippen LogP contribution in [0.3, 0.4) is 0 Å². The van der Waals surface area contributed by atoms with Crippen molar-refractivity contribution < 1.29 is 34.2 Å². The van der Waals surface area contributed by atoms with Crippen LogP contribution in [0.1, 0.15) is 60.8 Å². The first-order valence-corrected chi connectivity index (χ1v) is 12.2. The Balaban J connectivity index is 0. The largest absolute Gasteiger partial charge is 0.480 e. The third kappa shape index (κ3) is 13.5. The number of carbonyl (C=O) groups excluding carboxylic acids is 3. The SMILES string of the molecule is CC(C)[C@H](NC(=O)N[C@H](C(=O)N[C@@H](CCCCN)C(=O)N[C@H](/C=C/C(=O)O)C(C)C)C(C)C)C(=O)O.[Fm]. The third-order valence-corrected chi connectivity index (χ3v) is 5.51. The molecule has 8 N–H and O–H groups in total. The second-order valence-corrected chi connectivity index (χ2v) is 9.72. The van der Waals surface area contributed by atoms with Gasteiger partial charge in [-0.3, -0.25) is 9.59 Å². The van der Waals surface area contributed by atoms with Crippen LogP contribution in [0.5, 0.6) is 0 Å². The fourth-order valence-corrected chi connectivity index (χ4v) is 3.28. The monoisotopic (exact) mass is 770 g/mol. The van der Waals surface area contributed by atoms with Crippen LogP contribution in [0, 0.1) is 17.8 Å². The molecule has 0 fully saturated rings. The minimum atomic E-state index is -1.20.